The number of allylic oxidation sites excluding steroid dienone is 2. The Hall–Kier alpha value is -3.14. The molecule has 0 unspecified atom stereocenters. The zero-order valence-corrected chi connectivity index (χ0v) is 20.0. The summed E-state index contributed by atoms with van der Waals surface area (Å²) < 4.78 is 0. The molecule has 2 fully saturated rings. The lowest BCUT2D eigenvalue weighted by atomic mass is 10.0. The molecule has 1 aliphatic carbocycles. The fourth-order valence-corrected chi connectivity index (χ4v) is 3.02. The second-order valence-electron chi connectivity index (χ2n) is 7.62. The highest BCUT2D eigenvalue weighted by atomic mass is 16.1. The minimum absolute atomic E-state index is 0.204. The fraction of sp³-hybridized carbons (Fsp3) is 0.357. The molecule has 32 heavy (non-hydrogen) atoms. The van der Waals surface area contributed by atoms with Crippen LogP contribution in [-0.2, 0) is 9.59 Å². The second-order valence-corrected chi connectivity index (χ2v) is 7.62. The van der Waals surface area contributed by atoms with E-state index in [0.29, 0.717) is 12.1 Å². The molecule has 2 aromatic carbocycles. The summed E-state index contributed by atoms with van der Waals surface area (Å²) in [4.78, 5) is 20.4. The van der Waals surface area contributed by atoms with Crippen LogP contribution in [-0.4, -0.2) is 18.9 Å². The minimum atomic E-state index is 0.204. The lowest BCUT2D eigenvalue weighted by Gasteiger charge is -2.06. The minimum Gasteiger partial charge on any atom is -0.356 e. The molecule has 4 heteroatoms. The van der Waals surface area contributed by atoms with Gasteiger partial charge in [0.2, 0.25) is 12.3 Å². The van der Waals surface area contributed by atoms with Gasteiger partial charge in [-0.15, -0.1) is 0 Å². The molecule has 0 bridgehead atoms. The molecule has 0 atom stereocenters. The van der Waals surface area contributed by atoms with Gasteiger partial charge in [0.05, 0.1) is 0 Å². The molecule has 2 N–H and O–H groups in total. The first-order valence-electron chi connectivity index (χ1n) is 11.5. The average Bonchev–Trinajstić information content (AvgIpc) is 3.56. The number of aryl methyl sites for hydroxylation is 1. The van der Waals surface area contributed by atoms with Crippen molar-refractivity contribution >= 4 is 17.9 Å². The molecule has 2 amide bonds. The predicted octanol–water partition coefficient (Wildman–Crippen LogP) is 6.14. The Labute approximate surface area is 193 Å². The van der Waals surface area contributed by atoms with Crippen molar-refractivity contribution in [2.24, 2.45) is 0 Å². The van der Waals surface area contributed by atoms with Crippen LogP contribution < -0.4 is 10.6 Å². The van der Waals surface area contributed by atoms with Gasteiger partial charge in [-0.2, -0.15) is 0 Å². The first-order valence-corrected chi connectivity index (χ1v) is 11.5. The van der Waals surface area contributed by atoms with E-state index in [9.17, 15) is 9.59 Å². The zero-order valence-electron chi connectivity index (χ0n) is 20.0. The first-order chi connectivity index (χ1) is 15.5. The van der Waals surface area contributed by atoms with Crippen molar-refractivity contribution in [3.63, 3.8) is 0 Å². The van der Waals surface area contributed by atoms with Gasteiger partial charge in [0.25, 0.3) is 0 Å². The van der Waals surface area contributed by atoms with Crippen LogP contribution in [0, 0.1) is 6.92 Å². The lowest BCUT2D eigenvalue weighted by Crippen LogP contribution is -2.12. The maximum absolute atomic E-state index is 10.3. The van der Waals surface area contributed by atoms with E-state index in [0.717, 1.165) is 30.9 Å². The Morgan fingerprint density at radius 1 is 1.09 bits per heavy atom. The van der Waals surface area contributed by atoms with Gasteiger partial charge in [0.1, 0.15) is 0 Å². The van der Waals surface area contributed by atoms with Crippen LogP contribution in [0.2, 0.25) is 0 Å². The molecule has 0 spiro atoms. The highest BCUT2D eigenvalue weighted by Crippen LogP contribution is 2.40. The first kappa shape index (κ1) is 26.9. The largest absolute Gasteiger partial charge is 0.356 e. The molecule has 2 aliphatic rings. The summed E-state index contributed by atoms with van der Waals surface area (Å²) in [6.07, 6.45) is 6.92. The van der Waals surface area contributed by atoms with Gasteiger partial charge in [-0.05, 0) is 61.8 Å². The highest BCUT2D eigenvalue weighted by Gasteiger charge is 2.23. The highest BCUT2D eigenvalue weighted by molar-refractivity contribution is 5.77. The molecule has 172 valence electrons. The van der Waals surface area contributed by atoms with E-state index in [1.54, 1.807) is 0 Å². The molecule has 4 nitrogen and oxygen atoms in total. The van der Waals surface area contributed by atoms with Crippen LogP contribution in [0.25, 0.3) is 5.57 Å². The van der Waals surface area contributed by atoms with Gasteiger partial charge in [0.15, 0.2) is 0 Å². The standard InChI is InChI=1S/C15H17NO.C7H8.C4H7NO.C2H6/c1-11(8-12(2)16-10-17)14-4-3-5-15(9-14)13-6-7-13;1-7-5-3-2-4-6-7;6-4-2-1-3-5-4;1-2/h3-5,8-10,13H,2,6-7H2,1H3,(H,16,17);2-6H,1H3;1-3H2,(H,5,6);1-2H3/b11-8+;;;. The summed E-state index contributed by atoms with van der Waals surface area (Å²) in [5.74, 6) is 0.967. The van der Waals surface area contributed by atoms with Crippen LogP contribution >= 0.6 is 0 Å². The summed E-state index contributed by atoms with van der Waals surface area (Å²) in [6.45, 7) is 12.8. The molecular formula is C28H38N2O2. The van der Waals surface area contributed by atoms with E-state index in [-0.39, 0.29) is 5.91 Å². The summed E-state index contributed by atoms with van der Waals surface area (Å²) in [5, 5.41) is 5.23. The molecule has 1 saturated heterocycles. The molecule has 2 aromatic rings. The van der Waals surface area contributed by atoms with E-state index in [1.807, 2.05) is 45.0 Å². The third-order valence-corrected chi connectivity index (χ3v) is 4.87. The zero-order chi connectivity index (χ0) is 23.8. The number of benzene rings is 2. The molecule has 1 heterocycles. The maximum Gasteiger partial charge on any atom is 0.220 e. The van der Waals surface area contributed by atoms with Gasteiger partial charge in [0, 0.05) is 18.7 Å². The van der Waals surface area contributed by atoms with E-state index in [4.69, 9.17) is 0 Å². The quantitative estimate of drug-likeness (QED) is 0.438. The molecule has 1 saturated carbocycles. The van der Waals surface area contributed by atoms with Crippen molar-refractivity contribution < 1.29 is 9.59 Å². The van der Waals surface area contributed by atoms with Crippen LogP contribution in [0.1, 0.15) is 69.1 Å². The van der Waals surface area contributed by atoms with Crippen LogP contribution in [0.15, 0.2) is 72.9 Å². The Bertz CT molecular complexity index is 860. The molecule has 1 aliphatic heterocycles. The summed E-state index contributed by atoms with van der Waals surface area (Å²) in [7, 11) is 0. The lowest BCUT2D eigenvalue weighted by molar-refractivity contribution is -0.119. The number of hydrogen-bond donors (Lipinski definition) is 2. The van der Waals surface area contributed by atoms with Crippen molar-refractivity contribution in [3.05, 3.63) is 89.6 Å². The van der Waals surface area contributed by atoms with Gasteiger partial charge in [-0.3, -0.25) is 9.59 Å². The van der Waals surface area contributed by atoms with E-state index < -0.39 is 0 Å². The van der Waals surface area contributed by atoms with Crippen LogP contribution in [0.5, 0.6) is 0 Å². The monoisotopic (exact) mass is 434 g/mol. The van der Waals surface area contributed by atoms with Crippen LogP contribution in [0.3, 0.4) is 0 Å². The van der Waals surface area contributed by atoms with Crippen molar-refractivity contribution in [2.75, 3.05) is 6.54 Å². The van der Waals surface area contributed by atoms with Gasteiger partial charge in [-0.1, -0.05) is 80.6 Å². The van der Waals surface area contributed by atoms with Crippen molar-refractivity contribution in [1.29, 1.82) is 0 Å². The molecule has 0 aromatic heterocycles. The van der Waals surface area contributed by atoms with Gasteiger partial charge >= 0.3 is 0 Å². The number of amides is 2. The average molecular weight is 435 g/mol. The fourth-order valence-electron chi connectivity index (χ4n) is 3.02. The third kappa shape index (κ3) is 11.3. The van der Waals surface area contributed by atoms with Gasteiger partial charge < -0.3 is 10.6 Å². The van der Waals surface area contributed by atoms with Gasteiger partial charge in [-0.25, -0.2) is 0 Å². The SMILES string of the molecule is C=C(/C=C(\C)c1cccc(C2CC2)c1)NC=O.CC.Cc1ccccc1.O=C1CCCN1. The second kappa shape index (κ2) is 15.6. The van der Waals surface area contributed by atoms with Crippen molar-refractivity contribution in [3.8, 4) is 0 Å². The summed E-state index contributed by atoms with van der Waals surface area (Å²) in [6, 6.07) is 18.9. The molecule has 4 rings (SSSR count). The Morgan fingerprint density at radius 3 is 2.22 bits per heavy atom. The molecular weight excluding hydrogens is 396 g/mol. The van der Waals surface area contributed by atoms with E-state index in [1.165, 1.54) is 29.5 Å². The number of rotatable bonds is 5. The van der Waals surface area contributed by atoms with E-state index in [2.05, 4.69) is 60.5 Å². The Kier molecular flexibility index (Phi) is 13.1. The molecule has 0 radical (unpaired) electrons. The predicted molar refractivity (Wildman–Crippen MR) is 135 cm³/mol. The number of nitrogens with one attached hydrogen (secondary N) is 2. The Balaban J connectivity index is 0.000000279. The maximum atomic E-state index is 10.3. The summed E-state index contributed by atoms with van der Waals surface area (Å²) in [5.41, 5.74) is 5.68. The smallest absolute Gasteiger partial charge is 0.220 e. The van der Waals surface area contributed by atoms with Crippen LogP contribution in [0.4, 0.5) is 0 Å². The topological polar surface area (TPSA) is 58.2 Å². The summed E-state index contributed by atoms with van der Waals surface area (Å²) >= 11 is 0. The Morgan fingerprint density at radius 2 is 1.78 bits per heavy atom. The number of hydrogen-bond acceptors (Lipinski definition) is 2. The third-order valence-electron chi connectivity index (χ3n) is 4.87. The normalized spacial score (nSPS) is 14.2. The number of carbonyl (C=O) groups excluding carboxylic acids is 2. The van der Waals surface area contributed by atoms with Crippen molar-refractivity contribution in [1.82, 2.24) is 10.6 Å². The number of carbonyl (C=O) groups is 2. The van der Waals surface area contributed by atoms with Crippen molar-refractivity contribution in [2.45, 2.75) is 59.3 Å². The van der Waals surface area contributed by atoms with E-state index >= 15 is 0 Å².